The fraction of sp³-hybridized carbons (Fsp3) is 0.739. The standard InChI is InChI=1S/C23H38O5/c1-16(2)19(5)14-21(26)18(4)8-7-12-23(15-24)22(28-23)10-9-17(3)11-13-27-20(6)25/h11,16,18,22,24H,5,7-10,12-15H2,1-4,6H3. The summed E-state index contributed by atoms with van der Waals surface area (Å²) in [6.45, 7) is 13.8. The molecule has 0 aromatic carbocycles. The van der Waals surface area contributed by atoms with E-state index in [1.54, 1.807) is 0 Å². The van der Waals surface area contributed by atoms with E-state index in [4.69, 9.17) is 9.47 Å². The Morgan fingerprint density at radius 1 is 1.29 bits per heavy atom. The van der Waals surface area contributed by atoms with E-state index in [-0.39, 0.29) is 30.4 Å². The van der Waals surface area contributed by atoms with Gasteiger partial charge in [-0.1, -0.05) is 38.5 Å². The Morgan fingerprint density at radius 3 is 2.54 bits per heavy atom. The highest BCUT2D eigenvalue weighted by Gasteiger charge is 2.54. The first-order chi connectivity index (χ1) is 13.1. The van der Waals surface area contributed by atoms with Crippen molar-refractivity contribution in [1.29, 1.82) is 0 Å². The molecule has 3 atom stereocenters. The second-order valence-electron chi connectivity index (χ2n) is 8.47. The van der Waals surface area contributed by atoms with E-state index in [9.17, 15) is 14.7 Å². The quantitative estimate of drug-likeness (QED) is 0.269. The molecule has 0 aliphatic carbocycles. The second kappa shape index (κ2) is 11.5. The van der Waals surface area contributed by atoms with Gasteiger partial charge in [-0.15, -0.1) is 0 Å². The molecule has 1 heterocycles. The summed E-state index contributed by atoms with van der Waals surface area (Å²) in [5.74, 6) is 0.310. The Labute approximate surface area is 170 Å². The van der Waals surface area contributed by atoms with Gasteiger partial charge in [0.05, 0.1) is 12.7 Å². The van der Waals surface area contributed by atoms with Crippen LogP contribution in [0.15, 0.2) is 23.8 Å². The SMILES string of the molecule is C=C(CC(=O)C(C)CCCC1(CO)OC1CCC(C)=CCOC(C)=O)C(C)C. The van der Waals surface area contributed by atoms with Gasteiger partial charge in [-0.3, -0.25) is 9.59 Å². The lowest BCUT2D eigenvalue weighted by Crippen LogP contribution is -2.21. The number of carbonyl (C=O) groups is 2. The lowest BCUT2D eigenvalue weighted by atomic mass is 9.89. The molecule has 0 amide bonds. The number of aliphatic hydroxyl groups excluding tert-OH is 1. The Morgan fingerprint density at radius 2 is 1.96 bits per heavy atom. The molecule has 1 fully saturated rings. The van der Waals surface area contributed by atoms with Gasteiger partial charge in [-0.05, 0) is 51.0 Å². The summed E-state index contributed by atoms with van der Waals surface area (Å²) in [7, 11) is 0. The Hall–Kier alpha value is -1.46. The molecule has 160 valence electrons. The van der Waals surface area contributed by atoms with Crippen molar-refractivity contribution in [2.45, 2.75) is 84.8 Å². The molecule has 1 N–H and O–H groups in total. The minimum absolute atomic E-state index is 0.00916. The number of hydrogen-bond acceptors (Lipinski definition) is 5. The first kappa shape index (κ1) is 24.6. The highest BCUT2D eigenvalue weighted by atomic mass is 16.6. The maximum absolute atomic E-state index is 12.3. The molecule has 3 unspecified atom stereocenters. The molecule has 5 heteroatoms. The van der Waals surface area contributed by atoms with Gasteiger partial charge < -0.3 is 14.6 Å². The maximum atomic E-state index is 12.3. The van der Waals surface area contributed by atoms with Gasteiger partial charge in [-0.2, -0.15) is 0 Å². The molecule has 0 saturated carbocycles. The van der Waals surface area contributed by atoms with Crippen LogP contribution in [0.25, 0.3) is 0 Å². The van der Waals surface area contributed by atoms with Crippen molar-refractivity contribution in [3.63, 3.8) is 0 Å². The molecule has 28 heavy (non-hydrogen) atoms. The topological polar surface area (TPSA) is 76.1 Å². The fourth-order valence-corrected chi connectivity index (χ4v) is 3.24. The number of allylic oxidation sites excluding steroid dienone is 2. The zero-order valence-corrected chi connectivity index (χ0v) is 18.3. The third-order valence-electron chi connectivity index (χ3n) is 5.70. The van der Waals surface area contributed by atoms with Crippen LogP contribution in [0.2, 0.25) is 0 Å². The van der Waals surface area contributed by atoms with Gasteiger partial charge in [-0.25, -0.2) is 0 Å². The highest BCUT2D eigenvalue weighted by Crippen LogP contribution is 2.44. The molecule has 0 bridgehead atoms. The van der Waals surface area contributed by atoms with Gasteiger partial charge >= 0.3 is 5.97 Å². The number of rotatable bonds is 14. The number of Topliss-reactive ketones (excluding diaryl/α,β-unsaturated/α-hetero) is 1. The van der Waals surface area contributed by atoms with Crippen LogP contribution in [-0.4, -0.2) is 41.8 Å². The van der Waals surface area contributed by atoms with Gasteiger partial charge in [0.1, 0.15) is 18.0 Å². The first-order valence-electron chi connectivity index (χ1n) is 10.4. The predicted octanol–water partition coefficient (Wildman–Crippen LogP) is 4.38. The van der Waals surface area contributed by atoms with E-state index in [1.165, 1.54) is 6.92 Å². The van der Waals surface area contributed by atoms with E-state index in [1.807, 2.05) is 19.9 Å². The normalized spacial score (nSPS) is 22.8. The van der Waals surface area contributed by atoms with Crippen molar-refractivity contribution in [2.75, 3.05) is 13.2 Å². The van der Waals surface area contributed by atoms with Crippen LogP contribution in [-0.2, 0) is 19.1 Å². The number of hydrogen-bond donors (Lipinski definition) is 1. The lowest BCUT2D eigenvalue weighted by Gasteiger charge is -2.15. The van der Waals surface area contributed by atoms with Crippen LogP contribution in [0.4, 0.5) is 0 Å². The number of ether oxygens (including phenoxy) is 2. The number of aliphatic hydroxyl groups is 1. The second-order valence-corrected chi connectivity index (χ2v) is 8.47. The minimum atomic E-state index is -0.444. The fourth-order valence-electron chi connectivity index (χ4n) is 3.24. The van der Waals surface area contributed by atoms with Gasteiger partial charge in [0.2, 0.25) is 0 Å². The number of epoxide rings is 1. The highest BCUT2D eigenvalue weighted by molar-refractivity contribution is 5.82. The van der Waals surface area contributed by atoms with Crippen molar-refractivity contribution >= 4 is 11.8 Å². The third-order valence-corrected chi connectivity index (χ3v) is 5.70. The molecular weight excluding hydrogens is 356 g/mol. The summed E-state index contributed by atoms with van der Waals surface area (Å²) < 4.78 is 10.7. The Bertz CT molecular complexity index is 578. The summed E-state index contributed by atoms with van der Waals surface area (Å²) in [6.07, 6.45) is 6.55. The first-order valence-corrected chi connectivity index (χ1v) is 10.4. The molecule has 1 aliphatic rings. The average Bonchev–Trinajstić information content (AvgIpc) is 3.32. The van der Waals surface area contributed by atoms with Crippen LogP contribution in [0.5, 0.6) is 0 Å². The molecule has 0 radical (unpaired) electrons. The monoisotopic (exact) mass is 394 g/mol. The van der Waals surface area contributed by atoms with Crippen molar-refractivity contribution in [2.24, 2.45) is 11.8 Å². The summed E-state index contributed by atoms with van der Waals surface area (Å²) in [5.41, 5.74) is 1.69. The zero-order valence-electron chi connectivity index (χ0n) is 18.3. The lowest BCUT2D eigenvalue weighted by molar-refractivity contribution is -0.139. The van der Waals surface area contributed by atoms with E-state index in [0.717, 1.165) is 43.3 Å². The van der Waals surface area contributed by atoms with E-state index in [2.05, 4.69) is 20.4 Å². The van der Waals surface area contributed by atoms with Crippen LogP contribution < -0.4 is 0 Å². The zero-order chi connectivity index (χ0) is 21.3. The van der Waals surface area contributed by atoms with Gasteiger partial charge in [0.25, 0.3) is 0 Å². The third kappa shape index (κ3) is 8.27. The van der Waals surface area contributed by atoms with Gasteiger partial charge in [0.15, 0.2) is 0 Å². The summed E-state index contributed by atoms with van der Waals surface area (Å²) >= 11 is 0. The maximum Gasteiger partial charge on any atom is 0.302 e. The van der Waals surface area contributed by atoms with Crippen LogP contribution in [0.3, 0.4) is 0 Å². The Kier molecular flexibility index (Phi) is 10.1. The number of esters is 1. The molecule has 0 spiro atoms. The molecule has 0 aromatic heterocycles. The molecule has 0 aromatic rings. The van der Waals surface area contributed by atoms with Crippen molar-refractivity contribution in [3.8, 4) is 0 Å². The Balaban J connectivity index is 2.32. The van der Waals surface area contributed by atoms with E-state index < -0.39 is 5.60 Å². The predicted molar refractivity (Wildman–Crippen MR) is 111 cm³/mol. The molecule has 1 saturated heterocycles. The summed E-state index contributed by atoms with van der Waals surface area (Å²) in [6, 6.07) is 0. The smallest absolute Gasteiger partial charge is 0.302 e. The van der Waals surface area contributed by atoms with E-state index in [0.29, 0.717) is 18.9 Å². The van der Waals surface area contributed by atoms with Crippen LogP contribution in [0, 0.1) is 11.8 Å². The van der Waals surface area contributed by atoms with Crippen LogP contribution in [0.1, 0.15) is 73.1 Å². The summed E-state index contributed by atoms with van der Waals surface area (Å²) in [4.78, 5) is 23.1. The molecule has 1 aliphatic heterocycles. The van der Waals surface area contributed by atoms with Crippen molar-refractivity contribution in [3.05, 3.63) is 23.8 Å². The largest absolute Gasteiger partial charge is 0.462 e. The number of carbonyl (C=O) groups excluding carboxylic acids is 2. The number of ketones is 1. The van der Waals surface area contributed by atoms with Gasteiger partial charge in [0, 0.05) is 19.3 Å². The van der Waals surface area contributed by atoms with Crippen LogP contribution >= 0.6 is 0 Å². The molecule has 1 rings (SSSR count). The van der Waals surface area contributed by atoms with Crippen molar-refractivity contribution < 1.29 is 24.2 Å². The molecule has 5 nitrogen and oxygen atoms in total. The molecular formula is C23H38O5. The minimum Gasteiger partial charge on any atom is -0.462 e. The van der Waals surface area contributed by atoms with E-state index >= 15 is 0 Å². The van der Waals surface area contributed by atoms with Crippen molar-refractivity contribution in [1.82, 2.24) is 0 Å². The summed E-state index contributed by atoms with van der Waals surface area (Å²) in [5, 5.41) is 9.77. The average molecular weight is 395 g/mol.